The number of aromatic nitrogens is 2. The van der Waals surface area contributed by atoms with Crippen molar-refractivity contribution in [2.75, 3.05) is 19.6 Å². The van der Waals surface area contributed by atoms with E-state index in [4.69, 9.17) is 0 Å². The molecular weight excluding hydrogens is 344 g/mol. The van der Waals surface area contributed by atoms with Crippen LogP contribution in [-0.4, -0.2) is 40.0 Å². The molecule has 2 fully saturated rings. The average molecular weight is 369 g/mol. The summed E-state index contributed by atoms with van der Waals surface area (Å²) in [5.41, 5.74) is 1.92. The van der Waals surface area contributed by atoms with Crippen LogP contribution in [0, 0.1) is 12.8 Å². The van der Waals surface area contributed by atoms with Gasteiger partial charge in [-0.15, -0.1) is 23.7 Å². The highest BCUT2D eigenvalue weighted by Gasteiger charge is 2.24. The summed E-state index contributed by atoms with van der Waals surface area (Å²) in [6, 6.07) is 2.37. The van der Waals surface area contributed by atoms with Gasteiger partial charge in [0.1, 0.15) is 0 Å². The minimum absolute atomic E-state index is 0. The van der Waals surface area contributed by atoms with Crippen LogP contribution in [0.4, 0.5) is 0 Å². The maximum absolute atomic E-state index is 12.2. The van der Waals surface area contributed by atoms with Crippen LogP contribution in [0.5, 0.6) is 0 Å². The lowest BCUT2D eigenvalue weighted by Gasteiger charge is -2.32. The van der Waals surface area contributed by atoms with E-state index in [-0.39, 0.29) is 18.0 Å². The molecule has 2 aliphatic rings. The van der Waals surface area contributed by atoms with Crippen LogP contribution in [0.1, 0.15) is 37.1 Å². The van der Waals surface area contributed by atoms with Crippen molar-refractivity contribution in [3.63, 3.8) is 0 Å². The van der Waals surface area contributed by atoms with Crippen molar-refractivity contribution in [3.05, 3.63) is 33.2 Å². The van der Waals surface area contributed by atoms with Crippen LogP contribution in [0.3, 0.4) is 0 Å². The number of halogens is 1. The fourth-order valence-corrected chi connectivity index (χ4v) is 4.25. The highest BCUT2D eigenvalue weighted by Crippen LogP contribution is 2.28. The monoisotopic (exact) mass is 368 g/mol. The third kappa shape index (κ3) is 3.99. The van der Waals surface area contributed by atoms with Gasteiger partial charge < -0.3 is 5.32 Å². The van der Waals surface area contributed by atoms with Gasteiger partial charge in [-0.05, 0) is 45.1 Å². The molecule has 24 heavy (non-hydrogen) atoms. The molecule has 2 aromatic rings. The lowest BCUT2D eigenvalue weighted by atomic mass is 10.0. The van der Waals surface area contributed by atoms with Crippen LogP contribution >= 0.6 is 23.7 Å². The molecule has 2 aromatic heterocycles. The quantitative estimate of drug-likeness (QED) is 0.880. The zero-order valence-corrected chi connectivity index (χ0v) is 15.7. The number of hydrogen-bond acceptors (Lipinski definition) is 5. The molecule has 132 valence electrons. The zero-order chi connectivity index (χ0) is 15.8. The van der Waals surface area contributed by atoms with E-state index in [0.29, 0.717) is 6.04 Å². The SMILES string of the molecule is Cc1csc2nc(CN3CCC(NCC4CC4)CC3)cc(=O)n12.Cl. The number of rotatable bonds is 5. The highest BCUT2D eigenvalue weighted by atomic mass is 35.5. The first-order chi connectivity index (χ1) is 11.2. The molecule has 0 bridgehead atoms. The summed E-state index contributed by atoms with van der Waals surface area (Å²) in [4.78, 5) is 20.1. The number of fused-ring (bicyclic) bond motifs is 1. The molecule has 7 heteroatoms. The van der Waals surface area contributed by atoms with Gasteiger partial charge in [0.25, 0.3) is 5.56 Å². The van der Waals surface area contributed by atoms with E-state index in [9.17, 15) is 4.79 Å². The summed E-state index contributed by atoms with van der Waals surface area (Å²) in [6.45, 7) is 6.13. The lowest BCUT2D eigenvalue weighted by Crippen LogP contribution is -2.42. The van der Waals surface area contributed by atoms with E-state index in [0.717, 1.165) is 41.9 Å². The van der Waals surface area contributed by atoms with E-state index in [2.05, 4.69) is 15.2 Å². The summed E-state index contributed by atoms with van der Waals surface area (Å²) in [5.74, 6) is 0.950. The molecule has 0 atom stereocenters. The summed E-state index contributed by atoms with van der Waals surface area (Å²) in [5, 5.41) is 5.70. The first-order valence-corrected chi connectivity index (χ1v) is 9.49. The molecule has 0 radical (unpaired) electrons. The standard InChI is InChI=1S/C17H24N4OS.ClH/c1-12-11-23-17-19-15(8-16(22)21(12)17)10-20-6-4-14(5-7-20)18-9-13-2-3-13;/h8,11,13-14,18H,2-7,9-10H2,1H3;1H. The number of nitrogens with zero attached hydrogens (tertiary/aromatic N) is 3. The predicted octanol–water partition coefficient (Wildman–Crippen LogP) is 2.45. The van der Waals surface area contributed by atoms with Gasteiger partial charge in [-0.1, -0.05) is 0 Å². The van der Waals surface area contributed by atoms with E-state index in [1.807, 2.05) is 12.3 Å². The van der Waals surface area contributed by atoms with Crippen LogP contribution in [0.25, 0.3) is 4.96 Å². The van der Waals surface area contributed by atoms with Gasteiger partial charge in [-0.3, -0.25) is 14.1 Å². The van der Waals surface area contributed by atoms with Gasteiger partial charge in [0.15, 0.2) is 4.96 Å². The molecule has 1 saturated carbocycles. The van der Waals surface area contributed by atoms with Crippen molar-refractivity contribution in [3.8, 4) is 0 Å². The highest BCUT2D eigenvalue weighted by molar-refractivity contribution is 7.15. The minimum Gasteiger partial charge on any atom is -0.314 e. The summed E-state index contributed by atoms with van der Waals surface area (Å²) in [6.07, 6.45) is 5.23. The van der Waals surface area contributed by atoms with E-state index in [1.54, 1.807) is 21.8 Å². The molecule has 0 amide bonds. The molecule has 0 aromatic carbocycles. The molecule has 3 heterocycles. The Labute approximate surface area is 152 Å². The fraction of sp³-hybridized carbons (Fsp3) is 0.647. The smallest absolute Gasteiger partial charge is 0.259 e. The normalized spacial score (nSPS) is 19.5. The Bertz CT molecular complexity index is 747. The van der Waals surface area contributed by atoms with E-state index >= 15 is 0 Å². The topological polar surface area (TPSA) is 49.6 Å². The molecule has 1 saturated heterocycles. The van der Waals surface area contributed by atoms with Crippen molar-refractivity contribution in [1.82, 2.24) is 19.6 Å². The first kappa shape index (κ1) is 17.9. The Morgan fingerprint density at radius 1 is 1.29 bits per heavy atom. The molecule has 0 spiro atoms. The van der Waals surface area contributed by atoms with Crippen molar-refractivity contribution in [2.45, 2.75) is 45.2 Å². The Morgan fingerprint density at radius 2 is 2.04 bits per heavy atom. The number of nitrogens with one attached hydrogen (secondary N) is 1. The van der Waals surface area contributed by atoms with Crippen LogP contribution in [-0.2, 0) is 6.54 Å². The van der Waals surface area contributed by atoms with Crippen molar-refractivity contribution in [1.29, 1.82) is 0 Å². The van der Waals surface area contributed by atoms with Crippen molar-refractivity contribution in [2.24, 2.45) is 5.92 Å². The Kier molecular flexibility index (Phi) is 5.59. The van der Waals surface area contributed by atoms with Gasteiger partial charge in [0.05, 0.1) is 5.69 Å². The Balaban J connectivity index is 0.00000169. The number of hydrogen-bond donors (Lipinski definition) is 1. The molecule has 4 rings (SSSR count). The van der Waals surface area contributed by atoms with Gasteiger partial charge >= 0.3 is 0 Å². The zero-order valence-electron chi connectivity index (χ0n) is 14.0. The van der Waals surface area contributed by atoms with Crippen molar-refractivity contribution >= 4 is 28.7 Å². The molecule has 1 aliphatic carbocycles. The van der Waals surface area contributed by atoms with Gasteiger partial charge in [-0.25, -0.2) is 4.98 Å². The van der Waals surface area contributed by atoms with E-state index in [1.165, 1.54) is 32.2 Å². The molecular formula is C17H25ClN4OS. The summed E-state index contributed by atoms with van der Waals surface area (Å²) in [7, 11) is 0. The van der Waals surface area contributed by atoms with Crippen LogP contribution < -0.4 is 10.9 Å². The van der Waals surface area contributed by atoms with Crippen LogP contribution in [0.2, 0.25) is 0 Å². The molecule has 0 unspecified atom stereocenters. The number of piperidine rings is 1. The second-order valence-electron chi connectivity index (χ2n) is 6.98. The second-order valence-corrected chi connectivity index (χ2v) is 7.82. The number of likely N-dealkylation sites (tertiary alicyclic amines) is 1. The van der Waals surface area contributed by atoms with Crippen LogP contribution in [0.15, 0.2) is 16.2 Å². The third-order valence-corrected chi connectivity index (χ3v) is 5.94. The lowest BCUT2D eigenvalue weighted by molar-refractivity contribution is 0.188. The molecule has 5 nitrogen and oxygen atoms in total. The molecule has 1 N–H and O–H groups in total. The van der Waals surface area contributed by atoms with E-state index < -0.39 is 0 Å². The number of thiazole rings is 1. The average Bonchev–Trinajstić information content (AvgIpc) is 3.29. The predicted molar refractivity (Wildman–Crippen MR) is 100 cm³/mol. The van der Waals surface area contributed by atoms with Gasteiger partial charge in [-0.2, -0.15) is 0 Å². The fourth-order valence-electron chi connectivity index (χ4n) is 3.36. The number of aryl methyl sites for hydroxylation is 1. The Hall–Kier alpha value is -0.950. The third-order valence-electron chi connectivity index (χ3n) is 4.99. The van der Waals surface area contributed by atoms with Gasteiger partial charge in [0.2, 0.25) is 0 Å². The Morgan fingerprint density at radius 3 is 2.75 bits per heavy atom. The maximum atomic E-state index is 12.2. The van der Waals surface area contributed by atoms with Crippen molar-refractivity contribution < 1.29 is 0 Å². The largest absolute Gasteiger partial charge is 0.314 e. The second kappa shape index (κ2) is 7.52. The van der Waals surface area contributed by atoms with Gasteiger partial charge in [0, 0.05) is 42.8 Å². The maximum Gasteiger partial charge on any atom is 0.259 e. The summed E-state index contributed by atoms with van der Waals surface area (Å²) >= 11 is 1.54. The minimum atomic E-state index is 0. The summed E-state index contributed by atoms with van der Waals surface area (Å²) < 4.78 is 1.70. The first-order valence-electron chi connectivity index (χ1n) is 8.61. The molecule has 1 aliphatic heterocycles.